The fourth-order valence-electron chi connectivity index (χ4n) is 2.41. The third-order valence-electron chi connectivity index (χ3n) is 3.27. The van der Waals surface area contributed by atoms with Gasteiger partial charge in [-0.25, -0.2) is 4.39 Å². The van der Waals surface area contributed by atoms with Crippen LogP contribution < -0.4 is 4.90 Å². The molecule has 2 rings (SSSR count). The maximum atomic E-state index is 13.4. The van der Waals surface area contributed by atoms with Gasteiger partial charge in [0.05, 0.1) is 16.6 Å². The van der Waals surface area contributed by atoms with Gasteiger partial charge in [-0.1, -0.05) is 30.3 Å². The van der Waals surface area contributed by atoms with Crippen LogP contribution in [0.25, 0.3) is 0 Å². The fraction of sp³-hybridized carbons (Fsp3) is 0.294. The molecule has 6 heteroatoms. The standard InChI is InChI=1S/C17H19FN2O3/c1-17(2,21)12-19(11-13-6-4-3-5-7-13)15-9-8-14(18)10-16(15)20(22)23/h3-10,21H,11-12H2,1-2H3. The second kappa shape index (κ2) is 6.75. The Morgan fingerprint density at radius 2 is 1.87 bits per heavy atom. The van der Waals surface area contributed by atoms with Gasteiger partial charge in [-0.2, -0.15) is 0 Å². The van der Waals surface area contributed by atoms with E-state index in [4.69, 9.17) is 0 Å². The predicted octanol–water partition coefficient (Wildman–Crippen LogP) is 3.51. The normalized spacial score (nSPS) is 11.3. The highest BCUT2D eigenvalue weighted by molar-refractivity contribution is 5.63. The van der Waals surface area contributed by atoms with Crippen molar-refractivity contribution in [2.24, 2.45) is 0 Å². The molecule has 0 spiro atoms. The van der Waals surface area contributed by atoms with Crippen LogP contribution in [-0.2, 0) is 6.54 Å². The van der Waals surface area contributed by atoms with Crippen molar-refractivity contribution in [1.29, 1.82) is 0 Å². The highest BCUT2D eigenvalue weighted by Gasteiger charge is 2.25. The van der Waals surface area contributed by atoms with E-state index >= 15 is 0 Å². The van der Waals surface area contributed by atoms with Crippen molar-refractivity contribution >= 4 is 11.4 Å². The summed E-state index contributed by atoms with van der Waals surface area (Å²) in [4.78, 5) is 12.3. The summed E-state index contributed by atoms with van der Waals surface area (Å²) >= 11 is 0. The summed E-state index contributed by atoms with van der Waals surface area (Å²) in [6, 6.07) is 12.9. The lowest BCUT2D eigenvalue weighted by atomic mass is 10.1. The topological polar surface area (TPSA) is 66.6 Å². The Bertz CT molecular complexity index is 684. The third kappa shape index (κ3) is 4.75. The Kier molecular flexibility index (Phi) is 4.95. The van der Waals surface area contributed by atoms with E-state index in [2.05, 4.69) is 0 Å². The number of anilines is 1. The average Bonchev–Trinajstić information content (AvgIpc) is 2.46. The lowest BCUT2D eigenvalue weighted by molar-refractivity contribution is -0.384. The molecule has 2 aromatic carbocycles. The van der Waals surface area contributed by atoms with E-state index in [1.807, 2.05) is 30.3 Å². The average molecular weight is 318 g/mol. The molecule has 0 radical (unpaired) electrons. The van der Waals surface area contributed by atoms with Gasteiger partial charge in [0, 0.05) is 13.1 Å². The van der Waals surface area contributed by atoms with Crippen LogP contribution in [0.1, 0.15) is 19.4 Å². The van der Waals surface area contributed by atoms with Crippen LogP contribution in [0.3, 0.4) is 0 Å². The van der Waals surface area contributed by atoms with Gasteiger partial charge in [-0.3, -0.25) is 10.1 Å². The molecule has 5 nitrogen and oxygen atoms in total. The lowest BCUT2D eigenvalue weighted by Crippen LogP contribution is -2.38. The van der Waals surface area contributed by atoms with Crippen molar-refractivity contribution in [3.05, 3.63) is 70.0 Å². The van der Waals surface area contributed by atoms with Crippen molar-refractivity contribution in [3.63, 3.8) is 0 Å². The Morgan fingerprint density at radius 1 is 1.22 bits per heavy atom. The summed E-state index contributed by atoms with van der Waals surface area (Å²) < 4.78 is 13.4. The van der Waals surface area contributed by atoms with E-state index in [0.717, 1.165) is 11.6 Å². The van der Waals surface area contributed by atoms with E-state index in [-0.39, 0.29) is 17.9 Å². The summed E-state index contributed by atoms with van der Waals surface area (Å²) in [5, 5.41) is 21.4. The minimum absolute atomic E-state index is 0.175. The smallest absolute Gasteiger partial charge is 0.295 e. The molecule has 0 saturated heterocycles. The lowest BCUT2D eigenvalue weighted by Gasteiger charge is -2.30. The number of nitro groups is 1. The van der Waals surface area contributed by atoms with Crippen molar-refractivity contribution in [2.45, 2.75) is 26.0 Å². The van der Waals surface area contributed by atoms with Crippen molar-refractivity contribution in [2.75, 3.05) is 11.4 Å². The molecule has 0 aromatic heterocycles. The summed E-state index contributed by atoms with van der Waals surface area (Å²) in [5.41, 5.74) is -0.153. The predicted molar refractivity (Wildman–Crippen MR) is 86.8 cm³/mol. The van der Waals surface area contributed by atoms with Gasteiger partial charge in [-0.15, -0.1) is 0 Å². The zero-order chi connectivity index (χ0) is 17.0. The molecule has 0 amide bonds. The number of nitro benzene ring substituents is 1. The number of halogens is 1. The molecule has 0 aliphatic heterocycles. The largest absolute Gasteiger partial charge is 0.389 e. The molecule has 23 heavy (non-hydrogen) atoms. The first-order valence-corrected chi connectivity index (χ1v) is 7.21. The third-order valence-corrected chi connectivity index (χ3v) is 3.27. The van der Waals surface area contributed by atoms with Crippen LogP contribution in [0.2, 0.25) is 0 Å². The molecule has 0 saturated carbocycles. The van der Waals surface area contributed by atoms with Gasteiger partial charge in [0.25, 0.3) is 5.69 Å². The minimum atomic E-state index is -1.06. The maximum absolute atomic E-state index is 13.4. The highest BCUT2D eigenvalue weighted by Crippen LogP contribution is 2.31. The van der Waals surface area contributed by atoms with Crippen molar-refractivity contribution in [1.82, 2.24) is 0 Å². The Morgan fingerprint density at radius 3 is 2.43 bits per heavy atom. The van der Waals surface area contributed by atoms with E-state index in [0.29, 0.717) is 6.54 Å². The summed E-state index contributed by atoms with van der Waals surface area (Å²) in [5.74, 6) is -0.664. The highest BCUT2D eigenvalue weighted by atomic mass is 19.1. The zero-order valence-corrected chi connectivity index (χ0v) is 13.1. The second-order valence-corrected chi connectivity index (χ2v) is 6.04. The van der Waals surface area contributed by atoms with Gasteiger partial charge >= 0.3 is 0 Å². The first-order chi connectivity index (χ1) is 10.8. The molecule has 0 unspecified atom stereocenters. The molecule has 0 atom stereocenters. The minimum Gasteiger partial charge on any atom is -0.389 e. The molecule has 0 fully saturated rings. The Balaban J connectivity index is 2.43. The SMILES string of the molecule is CC(C)(O)CN(Cc1ccccc1)c1ccc(F)cc1[N+](=O)[O-]. The van der Waals surface area contributed by atoms with Crippen LogP contribution >= 0.6 is 0 Å². The molecule has 0 bridgehead atoms. The Labute approximate surface area is 134 Å². The molecular formula is C17H19FN2O3. The molecule has 0 aliphatic carbocycles. The van der Waals surface area contributed by atoms with E-state index in [1.54, 1.807) is 18.7 Å². The molecule has 0 heterocycles. The molecule has 122 valence electrons. The van der Waals surface area contributed by atoms with Gasteiger partial charge in [0.1, 0.15) is 11.5 Å². The second-order valence-electron chi connectivity index (χ2n) is 6.04. The van der Waals surface area contributed by atoms with Crippen LogP contribution in [0.4, 0.5) is 15.8 Å². The summed E-state index contributed by atoms with van der Waals surface area (Å²) in [7, 11) is 0. The fourth-order valence-corrected chi connectivity index (χ4v) is 2.41. The first-order valence-electron chi connectivity index (χ1n) is 7.21. The first kappa shape index (κ1) is 16.9. The monoisotopic (exact) mass is 318 g/mol. The number of hydrogen-bond donors (Lipinski definition) is 1. The van der Waals surface area contributed by atoms with Crippen molar-refractivity contribution in [3.8, 4) is 0 Å². The van der Waals surface area contributed by atoms with E-state index < -0.39 is 16.3 Å². The molecular weight excluding hydrogens is 299 g/mol. The molecule has 0 aliphatic rings. The van der Waals surface area contributed by atoms with Gasteiger partial charge < -0.3 is 10.0 Å². The van der Waals surface area contributed by atoms with Gasteiger partial charge in [0.2, 0.25) is 0 Å². The van der Waals surface area contributed by atoms with Crippen molar-refractivity contribution < 1.29 is 14.4 Å². The molecule has 1 N–H and O–H groups in total. The Hall–Kier alpha value is -2.47. The van der Waals surface area contributed by atoms with Crippen LogP contribution in [0.5, 0.6) is 0 Å². The van der Waals surface area contributed by atoms with Gasteiger partial charge in [-0.05, 0) is 31.5 Å². The van der Waals surface area contributed by atoms with Crippen LogP contribution in [0, 0.1) is 15.9 Å². The summed E-state index contributed by atoms with van der Waals surface area (Å²) in [6.07, 6.45) is 0. The quantitative estimate of drug-likeness (QED) is 0.654. The molecule has 2 aromatic rings. The van der Waals surface area contributed by atoms with E-state index in [1.165, 1.54) is 12.1 Å². The number of benzene rings is 2. The maximum Gasteiger partial charge on any atom is 0.295 e. The number of rotatable bonds is 6. The number of hydrogen-bond acceptors (Lipinski definition) is 4. The summed E-state index contributed by atoms with van der Waals surface area (Å²) in [6.45, 7) is 3.80. The van der Waals surface area contributed by atoms with Crippen LogP contribution in [-0.4, -0.2) is 22.2 Å². The van der Waals surface area contributed by atoms with Gasteiger partial charge in [0.15, 0.2) is 0 Å². The number of aliphatic hydroxyl groups is 1. The number of nitrogens with zero attached hydrogens (tertiary/aromatic N) is 2. The zero-order valence-electron chi connectivity index (χ0n) is 13.1. The van der Waals surface area contributed by atoms with Crippen LogP contribution in [0.15, 0.2) is 48.5 Å². The van der Waals surface area contributed by atoms with E-state index in [9.17, 15) is 19.6 Å².